The molecule has 3 aromatic rings. The summed E-state index contributed by atoms with van der Waals surface area (Å²) in [6.45, 7) is 0.0193. The maximum Gasteiger partial charge on any atom is 0.254 e. The number of benzene rings is 1. The van der Waals surface area contributed by atoms with E-state index < -0.39 is 23.7 Å². The molecule has 4 rings (SSSR count). The van der Waals surface area contributed by atoms with Gasteiger partial charge in [-0.2, -0.15) is 0 Å². The van der Waals surface area contributed by atoms with E-state index in [2.05, 4.69) is 20.3 Å². The van der Waals surface area contributed by atoms with Crippen molar-refractivity contribution in [1.29, 1.82) is 0 Å². The van der Waals surface area contributed by atoms with E-state index in [0.29, 0.717) is 42.5 Å². The number of rotatable bonds is 5. The van der Waals surface area contributed by atoms with Gasteiger partial charge in [0.05, 0.1) is 5.56 Å². The first-order valence-corrected chi connectivity index (χ1v) is 10.6. The van der Waals surface area contributed by atoms with E-state index in [1.54, 1.807) is 6.07 Å². The van der Waals surface area contributed by atoms with Gasteiger partial charge in [0.15, 0.2) is 0 Å². The summed E-state index contributed by atoms with van der Waals surface area (Å²) in [6, 6.07) is 4.82. The average Bonchev–Trinajstić information content (AvgIpc) is 2.80. The third-order valence-electron chi connectivity index (χ3n) is 5.66. The molecule has 9 heteroatoms. The molecule has 0 aliphatic heterocycles. The molecule has 0 radical (unpaired) electrons. The fraction of sp³-hybridized carbons (Fsp3) is 0.304. The molecule has 0 unspecified atom stereocenters. The second-order valence-corrected chi connectivity index (χ2v) is 8.06. The molecule has 32 heavy (non-hydrogen) atoms. The molecule has 1 aromatic carbocycles. The van der Waals surface area contributed by atoms with Crippen molar-refractivity contribution < 1.29 is 18.0 Å². The summed E-state index contributed by atoms with van der Waals surface area (Å²) in [5, 5.41) is 2.79. The van der Waals surface area contributed by atoms with Gasteiger partial charge < -0.3 is 5.32 Å². The fourth-order valence-corrected chi connectivity index (χ4v) is 4.13. The number of carbonyl (C=O) groups is 1. The number of aromatic nitrogens is 3. The van der Waals surface area contributed by atoms with Crippen molar-refractivity contribution >= 4 is 17.5 Å². The molecular formula is C23H20ClF3N4O. The highest BCUT2D eigenvalue weighted by atomic mass is 35.5. The number of halogens is 4. The Morgan fingerprint density at radius 2 is 1.75 bits per heavy atom. The first-order valence-electron chi connectivity index (χ1n) is 10.3. The number of amides is 1. The molecule has 1 amide bonds. The molecule has 166 valence electrons. The van der Waals surface area contributed by atoms with Crippen molar-refractivity contribution in [3.05, 3.63) is 76.6 Å². The zero-order chi connectivity index (χ0) is 22.7. The Kier molecular flexibility index (Phi) is 6.69. The van der Waals surface area contributed by atoms with Gasteiger partial charge >= 0.3 is 0 Å². The average molecular weight is 461 g/mol. The number of hydrogen-bond donors (Lipinski definition) is 1. The molecule has 1 aliphatic rings. The highest BCUT2D eigenvalue weighted by Gasteiger charge is 2.27. The van der Waals surface area contributed by atoms with Gasteiger partial charge in [-0.05, 0) is 67.1 Å². The van der Waals surface area contributed by atoms with Gasteiger partial charge in [-0.3, -0.25) is 9.78 Å². The lowest BCUT2D eigenvalue weighted by Gasteiger charge is -2.26. The topological polar surface area (TPSA) is 67.8 Å². The molecule has 1 aliphatic carbocycles. The maximum atomic E-state index is 14.6. The van der Waals surface area contributed by atoms with Gasteiger partial charge in [-0.25, -0.2) is 23.1 Å². The second kappa shape index (κ2) is 9.65. The molecule has 0 bridgehead atoms. The number of nitrogens with one attached hydrogen (secondary N) is 1. The number of pyridine rings is 1. The first kappa shape index (κ1) is 22.2. The molecule has 0 saturated heterocycles. The van der Waals surface area contributed by atoms with Crippen LogP contribution in [0, 0.1) is 11.6 Å². The molecule has 2 heterocycles. The zero-order valence-corrected chi connectivity index (χ0v) is 17.7. The fourth-order valence-electron chi connectivity index (χ4n) is 4.03. The van der Waals surface area contributed by atoms with Crippen molar-refractivity contribution in [2.75, 3.05) is 0 Å². The van der Waals surface area contributed by atoms with Crippen LogP contribution < -0.4 is 5.32 Å². The summed E-state index contributed by atoms with van der Waals surface area (Å²) < 4.78 is 42.2. The van der Waals surface area contributed by atoms with E-state index in [4.69, 9.17) is 11.6 Å². The summed E-state index contributed by atoms with van der Waals surface area (Å²) in [4.78, 5) is 24.7. The van der Waals surface area contributed by atoms with Crippen LogP contribution in [0.2, 0.25) is 5.28 Å². The van der Waals surface area contributed by atoms with Crippen LogP contribution in [0.3, 0.4) is 0 Å². The van der Waals surface area contributed by atoms with E-state index in [1.807, 2.05) is 0 Å². The van der Waals surface area contributed by atoms with Crippen LogP contribution in [0.5, 0.6) is 0 Å². The Morgan fingerprint density at radius 1 is 1.03 bits per heavy atom. The molecule has 1 fully saturated rings. The lowest BCUT2D eigenvalue weighted by atomic mass is 9.82. The molecule has 1 N–H and O–H groups in total. The summed E-state index contributed by atoms with van der Waals surface area (Å²) in [5.41, 5.74) is 1.94. The van der Waals surface area contributed by atoms with Gasteiger partial charge in [0.1, 0.15) is 17.8 Å². The first-order chi connectivity index (χ1) is 15.4. The number of alkyl halides is 1. The summed E-state index contributed by atoms with van der Waals surface area (Å²) >= 11 is 5.67. The predicted molar refractivity (Wildman–Crippen MR) is 114 cm³/mol. The summed E-state index contributed by atoms with van der Waals surface area (Å²) in [6.07, 6.45) is 5.30. The minimum absolute atomic E-state index is 0.0171. The zero-order valence-electron chi connectivity index (χ0n) is 17.0. The van der Waals surface area contributed by atoms with Crippen molar-refractivity contribution in [1.82, 2.24) is 20.3 Å². The van der Waals surface area contributed by atoms with Crippen LogP contribution in [0.15, 0.2) is 42.9 Å². The third-order valence-corrected chi connectivity index (χ3v) is 5.85. The van der Waals surface area contributed by atoms with E-state index in [0.717, 1.165) is 18.2 Å². The van der Waals surface area contributed by atoms with Crippen LogP contribution in [-0.4, -0.2) is 27.0 Å². The maximum absolute atomic E-state index is 14.6. The largest absolute Gasteiger partial charge is 0.348 e. The number of nitrogens with zero attached hydrogens (tertiary/aromatic N) is 3. The monoisotopic (exact) mass is 460 g/mol. The van der Waals surface area contributed by atoms with Crippen molar-refractivity contribution in [2.45, 2.75) is 44.3 Å². The van der Waals surface area contributed by atoms with Crippen molar-refractivity contribution in [3.8, 4) is 11.1 Å². The quantitative estimate of drug-likeness (QED) is 0.518. The van der Waals surface area contributed by atoms with E-state index in [9.17, 15) is 18.0 Å². The van der Waals surface area contributed by atoms with Crippen molar-refractivity contribution in [3.63, 3.8) is 0 Å². The van der Waals surface area contributed by atoms with Crippen LogP contribution in [-0.2, 0) is 6.54 Å². The van der Waals surface area contributed by atoms with E-state index in [-0.39, 0.29) is 28.9 Å². The standard InChI is InChI=1S/C23H20ClF3N4O/c24-23-30-10-14(11-31-23)22(32)29-12-19-17(18-9-16(26)5-6-20(18)27)7-8-28-21(19)13-1-3-15(25)4-2-13/h5-11,13,15H,1-4,12H2,(H,29,32). The minimum atomic E-state index is -0.844. The second-order valence-electron chi connectivity index (χ2n) is 7.72. The van der Waals surface area contributed by atoms with Gasteiger partial charge in [-0.15, -0.1) is 0 Å². The van der Waals surface area contributed by atoms with E-state index in [1.165, 1.54) is 18.6 Å². The Hall–Kier alpha value is -3.00. The third kappa shape index (κ3) is 4.91. The van der Waals surface area contributed by atoms with Crippen LogP contribution >= 0.6 is 11.6 Å². The smallest absolute Gasteiger partial charge is 0.254 e. The molecule has 0 spiro atoms. The van der Waals surface area contributed by atoms with Gasteiger partial charge in [0.2, 0.25) is 5.28 Å². The summed E-state index contributed by atoms with van der Waals surface area (Å²) in [7, 11) is 0. The van der Waals surface area contributed by atoms with Crippen LogP contribution in [0.1, 0.15) is 53.2 Å². The number of hydrogen-bond acceptors (Lipinski definition) is 4. The molecule has 1 saturated carbocycles. The van der Waals surface area contributed by atoms with Gasteiger partial charge in [0.25, 0.3) is 5.91 Å². The highest BCUT2D eigenvalue weighted by molar-refractivity contribution is 6.28. The highest BCUT2D eigenvalue weighted by Crippen LogP contribution is 2.38. The predicted octanol–water partition coefficient (Wildman–Crippen LogP) is 5.40. The van der Waals surface area contributed by atoms with Gasteiger partial charge in [-0.1, -0.05) is 0 Å². The number of carbonyl (C=O) groups excluding carboxylic acids is 1. The Morgan fingerprint density at radius 3 is 2.47 bits per heavy atom. The Balaban J connectivity index is 1.70. The normalized spacial score (nSPS) is 18.4. The summed E-state index contributed by atoms with van der Waals surface area (Å²) in [5.74, 6) is -1.65. The Labute approximate surface area is 188 Å². The van der Waals surface area contributed by atoms with Crippen LogP contribution in [0.25, 0.3) is 11.1 Å². The molecular weight excluding hydrogens is 441 g/mol. The van der Waals surface area contributed by atoms with E-state index >= 15 is 0 Å². The molecule has 2 aromatic heterocycles. The minimum Gasteiger partial charge on any atom is -0.348 e. The SMILES string of the molecule is O=C(NCc1c(-c2cc(F)ccc2F)ccnc1C1CCC(F)CC1)c1cnc(Cl)nc1. The van der Waals surface area contributed by atoms with Crippen molar-refractivity contribution in [2.24, 2.45) is 0 Å². The lowest BCUT2D eigenvalue weighted by molar-refractivity contribution is 0.0950. The Bertz CT molecular complexity index is 1120. The molecule has 5 nitrogen and oxygen atoms in total. The molecule has 0 atom stereocenters. The lowest BCUT2D eigenvalue weighted by Crippen LogP contribution is -2.25. The van der Waals surface area contributed by atoms with Gasteiger partial charge in [0, 0.05) is 47.9 Å². The van der Waals surface area contributed by atoms with Crippen LogP contribution in [0.4, 0.5) is 13.2 Å².